The number of hydrogen-bond acceptors (Lipinski definition) is 6. The average molecular weight is 1010 g/mol. The fourth-order valence-corrected chi connectivity index (χ4v) is 9.43. The van der Waals surface area contributed by atoms with E-state index < -0.39 is 20.0 Å². The highest BCUT2D eigenvalue weighted by atomic mass is 31.2. The van der Waals surface area contributed by atoms with Gasteiger partial charge in [0.1, 0.15) is 19.3 Å². The van der Waals surface area contributed by atoms with E-state index in [0.29, 0.717) is 17.4 Å². The molecule has 2 N–H and O–H groups in total. The minimum absolute atomic E-state index is 0.0404. The molecule has 0 bridgehead atoms. The minimum atomic E-state index is -4.44. The van der Waals surface area contributed by atoms with Crippen molar-refractivity contribution < 1.29 is 37.3 Å². The van der Waals surface area contributed by atoms with Gasteiger partial charge in [0, 0.05) is 12.8 Å². The summed E-state index contributed by atoms with van der Waals surface area (Å²) < 4.78 is 30.7. The molecule has 3 atom stereocenters. The van der Waals surface area contributed by atoms with Crippen molar-refractivity contribution in [3.8, 4) is 0 Å². The maximum absolute atomic E-state index is 13.5. The number of carbonyl (C=O) groups excluding carboxylic acids is 2. The summed E-state index contributed by atoms with van der Waals surface area (Å²) in [6, 6.07) is -0.848. The Balaban J connectivity index is 5.34. The summed E-state index contributed by atoms with van der Waals surface area (Å²) in [5.74, 6) is -0.507. The lowest BCUT2D eigenvalue weighted by atomic mass is 10.0. The molecule has 70 heavy (non-hydrogen) atoms. The maximum atomic E-state index is 13.5. The molecule has 0 radical (unpaired) electrons. The zero-order valence-electron chi connectivity index (χ0n) is 47.0. The lowest BCUT2D eigenvalue weighted by Crippen LogP contribution is -2.47. The highest BCUT2D eigenvalue weighted by Gasteiger charge is 2.30. The van der Waals surface area contributed by atoms with Gasteiger partial charge >= 0.3 is 13.8 Å². The standard InChI is InChI=1S/C60H115N2O7P/c1-7-10-13-16-19-22-25-28-30-32-34-37-40-43-46-49-52-59(63)61-57(56-68-70(65,66)67-55-54-62(4,5)6)58(51-48-45-42-39-36-33-27-24-21-18-15-12-9-3)69-60(64)53-50-47-44-41-38-35-31-29-26-23-20-17-14-11-8-2/h20,23,26,29,48,51,57-58H,7-19,21-22,24-25,27-28,30-47,49-50,52-56H2,1-6H3,(H-,61,63,65,66)/p+1/b23-20+,29-26+,51-48+. The number of unbranched alkanes of at least 4 members (excludes halogenated alkanes) is 35. The van der Waals surface area contributed by atoms with E-state index in [1.807, 2.05) is 33.3 Å². The second kappa shape index (κ2) is 50.7. The normalized spacial score (nSPS) is 14.0. The van der Waals surface area contributed by atoms with Gasteiger partial charge in [0.05, 0.1) is 33.8 Å². The summed E-state index contributed by atoms with van der Waals surface area (Å²) in [7, 11) is 1.50. The van der Waals surface area contributed by atoms with E-state index >= 15 is 0 Å². The van der Waals surface area contributed by atoms with Crippen molar-refractivity contribution in [2.24, 2.45) is 0 Å². The number of likely N-dealkylation sites (N-methyl/N-ethyl adjacent to an activating group) is 1. The van der Waals surface area contributed by atoms with Crippen LogP contribution in [0.25, 0.3) is 0 Å². The van der Waals surface area contributed by atoms with E-state index in [4.69, 9.17) is 13.8 Å². The number of rotatable bonds is 54. The highest BCUT2D eigenvalue weighted by molar-refractivity contribution is 7.47. The molecule has 0 fully saturated rings. The van der Waals surface area contributed by atoms with Crippen molar-refractivity contribution in [2.45, 2.75) is 296 Å². The molecule has 3 unspecified atom stereocenters. The first kappa shape index (κ1) is 68.2. The van der Waals surface area contributed by atoms with E-state index in [2.05, 4.69) is 50.4 Å². The molecule has 412 valence electrons. The number of nitrogens with one attached hydrogen (secondary N) is 1. The van der Waals surface area contributed by atoms with Crippen LogP contribution in [0.15, 0.2) is 36.5 Å². The maximum Gasteiger partial charge on any atom is 0.472 e. The van der Waals surface area contributed by atoms with Crippen LogP contribution in [0.1, 0.15) is 284 Å². The Morgan fingerprint density at radius 2 is 0.857 bits per heavy atom. The first-order valence-corrected chi connectivity index (χ1v) is 31.3. The number of phosphoric ester groups is 1. The summed E-state index contributed by atoms with van der Waals surface area (Å²) in [4.78, 5) is 37.6. The fourth-order valence-electron chi connectivity index (χ4n) is 8.70. The lowest BCUT2D eigenvalue weighted by molar-refractivity contribution is -0.870. The largest absolute Gasteiger partial charge is 0.472 e. The fraction of sp³-hybridized carbons (Fsp3) is 0.867. The molecule has 0 aliphatic carbocycles. The quantitative estimate of drug-likeness (QED) is 0.0156. The molecular formula is C60H116N2O7P+. The summed E-state index contributed by atoms with van der Waals surface area (Å²) in [6.45, 7) is 7.00. The summed E-state index contributed by atoms with van der Waals surface area (Å²) in [6.07, 6.45) is 59.8. The zero-order chi connectivity index (χ0) is 51.5. The minimum Gasteiger partial charge on any atom is -0.456 e. The molecule has 10 heteroatoms. The predicted octanol–water partition coefficient (Wildman–Crippen LogP) is 17.9. The van der Waals surface area contributed by atoms with Crippen LogP contribution in [0.3, 0.4) is 0 Å². The molecule has 0 aromatic rings. The summed E-state index contributed by atoms with van der Waals surface area (Å²) in [5, 5.41) is 3.05. The predicted molar refractivity (Wildman–Crippen MR) is 300 cm³/mol. The van der Waals surface area contributed by atoms with Gasteiger partial charge in [-0.05, 0) is 57.4 Å². The van der Waals surface area contributed by atoms with Crippen molar-refractivity contribution in [2.75, 3.05) is 40.9 Å². The van der Waals surface area contributed by atoms with Crippen molar-refractivity contribution in [1.82, 2.24) is 5.32 Å². The van der Waals surface area contributed by atoms with Crippen LogP contribution in [0.5, 0.6) is 0 Å². The zero-order valence-corrected chi connectivity index (χ0v) is 47.9. The Bertz CT molecular complexity index is 1300. The van der Waals surface area contributed by atoms with Gasteiger partial charge in [0.15, 0.2) is 0 Å². The van der Waals surface area contributed by atoms with E-state index in [9.17, 15) is 19.0 Å². The van der Waals surface area contributed by atoms with Crippen molar-refractivity contribution in [3.05, 3.63) is 36.5 Å². The number of hydrogen-bond donors (Lipinski definition) is 2. The molecule has 0 heterocycles. The Hall–Kier alpha value is -1.77. The number of quaternary nitrogens is 1. The molecule has 0 rings (SSSR count). The third kappa shape index (κ3) is 51.1. The molecule has 0 aromatic heterocycles. The van der Waals surface area contributed by atoms with Crippen molar-refractivity contribution in [1.29, 1.82) is 0 Å². The van der Waals surface area contributed by atoms with Crippen LogP contribution in [0.4, 0.5) is 0 Å². The molecule has 0 aliphatic heterocycles. The number of esters is 1. The van der Waals surface area contributed by atoms with Crippen molar-refractivity contribution >= 4 is 19.7 Å². The van der Waals surface area contributed by atoms with Crippen molar-refractivity contribution in [3.63, 3.8) is 0 Å². The van der Waals surface area contributed by atoms with Crippen LogP contribution in [0.2, 0.25) is 0 Å². The molecule has 9 nitrogen and oxygen atoms in total. The number of phosphoric acid groups is 1. The van der Waals surface area contributed by atoms with Crippen LogP contribution >= 0.6 is 7.82 Å². The van der Waals surface area contributed by atoms with Crippen LogP contribution in [-0.4, -0.2) is 74.3 Å². The number of nitrogens with zero attached hydrogens (tertiary/aromatic N) is 1. The lowest BCUT2D eigenvalue weighted by Gasteiger charge is -2.27. The summed E-state index contributed by atoms with van der Waals surface area (Å²) >= 11 is 0. The average Bonchev–Trinajstić information content (AvgIpc) is 3.32. The van der Waals surface area contributed by atoms with Gasteiger partial charge in [0.25, 0.3) is 0 Å². The molecular weight excluding hydrogens is 892 g/mol. The number of carbonyl (C=O) groups is 2. The van der Waals surface area contributed by atoms with E-state index in [-0.39, 0.29) is 31.5 Å². The molecule has 1 amide bonds. The van der Waals surface area contributed by atoms with E-state index in [1.54, 1.807) is 0 Å². The molecule has 0 saturated heterocycles. The molecule has 0 aliphatic rings. The SMILES string of the molecule is CCCCC/C=C/C=C/CCCCCCCCC(=O)OC(/C=C/CCCCCCCCCCCCC)C(COP(=O)(O)OCC[N+](C)(C)C)NC(=O)CCCCCCCCCCCCCCCCCC. The second-order valence-corrected chi connectivity index (χ2v) is 23.0. The third-order valence-electron chi connectivity index (χ3n) is 13.4. The van der Waals surface area contributed by atoms with Gasteiger partial charge in [-0.2, -0.15) is 0 Å². The smallest absolute Gasteiger partial charge is 0.456 e. The topological polar surface area (TPSA) is 111 Å². The second-order valence-electron chi connectivity index (χ2n) is 21.6. The van der Waals surface area contributed by atoms with Crippen LogP contribution in [-0.2, 0) is 27.9 Å². The van der Waals surface area contributed by atoms with Crippen LogP contribution in [0, 0.1) is 0 Å². The number of amides is 1. The first-order chi connectivity index (χ1) is 33.9. The van der Waals surface area contributed by atoms with Gasteiger partial charge in [-0.15, -0.1) is 0 Å². The van der Waals surface area contributed by atoms with Crippen LogP contribution < -0.4 is 5.32 Å². The number of ether oxygens (including phenoxy) is 1. The summed E-state index contributed by atoms with van der Waals surface area (Å²) in [5.41, 5.74) is 0. The van der Waals surface area contributed by atoms with E-state index in [0.717, 1.165) is 77.0 Å². The van der Waals surface area contributed by atoms with Gasteiger partial charge in [-0.1, -0.05) is 250 Å². The monoisotopic (exact) mass is 1010 g/mol. The Labute approximate surface area is 434 Å². The molecule has 0 spiro atoms. The Morgan fingerprint density at radius 3 is 1.29 bits per heavy atom. The third-order valence-corrected chi connectivity index (χ3v) is 14.3. The van der Waals surface area contributed by atoms with Gasteiger partial charge in [-0.3, -0.25) is 18.6 Å². The molecule has 0 saturated carbocycles. The number of allylic oxidation sites excluding steroid dienone is 5. The van der Waals surface area contributed by atoms with E-state index in [1.165, 1.54) is 173 Å². The first-order valence-electron chi connectivity index (χ1n) is 29.8. The Morgan fingerprint density at radius 1 is 0.500 bits per heavy atom. The Kier molecular flexibility index (Phi) is 49.5. The highest BCUT2D eigenvalue weighted by Crippen LogP contribution is 2.43. The van der Waals surface area contributed by atoms with Gasteiger partial charge in [0.2, 0.25) is 5.91 Å². The molecule has 0 aromatic carbocycles. The van der Waals surface area contributed by atoms with Gasteiger partial charge < -0.3 is 19.4 Å². The van der Waals surface area contributed by atoms with Gasteiger partial charge in [-0.25, -0.2) is 4.57 Å².